The Morgan fingerprint density at radius 1 is 1.32 bits per heavy atom. The van der Waals surface area contributed by atoms with Crippen molar-refractivity contribution in [2.45, 2.75) is 19.6 Å². The molecule has 0 unspecified atom stereocenters. The Bertz CT molecular complexity index is 607. The van der Waals surface area contributed by atoms with Crippen LogP contribution in [0.5, 0.6) is 11.5 Å². The maximum absolute atomic E-state index is 9.18. The van der Waals surface area contributed by atoms with Crippen LogP contribution in [0.1, 0.15) is 12.5 Å². The molecule has 0 bridgehead atoms. The molecule has 1 atom stereocenters. The lowest BCUT2D eigenvalue weighted by molar-refractivity contribution is 0.0795. The second-order valence-electron chi connectivity index (χ2n) is 4.77. The zero-order chi connectivity index (χ0) is 13.5. The number of nitrogens with zero attached hydrogens (tertiary/aromatic N) is 2. The Morgan fingerprint density at radius 3 is 2.58 bits per heavy atom. The van der Waals surface area contributed by atoms with Gasteiger partial charge in [-0.05, 0) is 30.7 Å². The molecule has 1 aliphatic heterocycles. The fraction of sp³-hybridized carbons (Fsp3) is 0.286. The predicted molar refractivity (Wildman–Crippen MR) is 68.9 cm³/mol. The summed E-state index contributed by atoms with van der Waals surface area (Å²) in [6.45, 7) is 4.49. The van der Waals surface area contributed by atoms with Gasteiger partial charge in [0.25, 0.3) is 0 Å². The number of hydrogen-bond donors (Lipinski definition) is 1. The van der Waals surface area contributed by atoms with Crippen LogP contribution in [0.4, 0.5) is 0 Å². The molecule has 0 spiro atoms. The minimum Gasteiger partial charge on any atom is -0.505 e. The van der Waals surface area contributed by atoms with Crippen molar-refractivity contribution < 1.29 is 14.6 Å². The summed E-state index contributed by atoms with van der Waals surface area (Å²) in [4.78, 5) is 8.16. The van der Waals surface area contributed by atoms with Crippen LogP contribution in [-0.4, -0.2) is 27.5 Å². The Balaban J connectivity index is 1.88. The van der Waals surface area contributed by atoms with Gasteiger partial charge in [-0.25, -0.2) is 9.97 Å². The molecule has 3 rings (SSSR count). The van der Waals surface area contributed by atoms with Crippen LogP contribution in [0, 0.1) is 6.92 Å². The second-order valence-corrected chi connectivity index (χ2v) is 4.77. The predicted octanol–water partition coefficient (Wildman–Crippen LogP) is 2.28. The molecule has 1 aromatic carbocycles. The van der Waals surface area contributed by atoms with Crippen molar-refractivity contribution in [2.75, 3.05) is 6.61 Å². The van der Waals surface area contributed by atoms with Crippen LogP contribution in [0.3, 0.4) is 0 Å². The van der Waals surface area contributed by atoms with E-state index in [0.29, 0.717) is 12.4 Å². The molecule has 19 heavy (non-hydrogen) atoms. The van der Waals surface area contributed by atoms with E-state index in [-0.39, 0.29) is 5.75 Å². The normalized spacial score (nSPS) is 21.2. The highest BCUT2D eigenvalue weighted by molar-refractivity contribution is 5.58. The standard InChI is InChI=1S/C14H14N2O3/c1-9-5-10(13-15-6-11(17)7-16-13)3-4-12(9)19-14(2)8-18-14/h3-7,17H,8H2,1-2H3/t14-/m0/s1. The highest BCUT2D eigenvalue weighted by atomic mass is 16.8. The maximum Gasteiger partial charge on any atom is 0.231 e. The molecule has 1 fully saturated rings. The quantitative estimate of drug-likeness (QED) is 0.855. The molecule has 0 aliphatic carbocycles. The molecule has 2 heterocycles. The van der Waals surface area contributed by atoms with Gasteiger partial charge in [-0.3, -0.25) is 0 Å². The van der Waals surface area contributed by atoms with Gasteiger partial charge in [0.1, 0.15) is 12.4 Å². The van der Waals surface area contributed by atoms with Gasteiger partial charge in [-0.15, -0.1) is 0 Å². The molecule has 2 aromatic rings. The lowest BCUT2D eigenvalue weighted by Gasteiger charge is -2.13. The molecule has 1 aliphatic rings. The third kappa shape index (κ3) is 2.51. The number of epoxide rings is 1. The Morgan fingerprint density at radius 2 is 2.00 bits per heavy atom. The summed E-state index contributed by atoms with van der Waals surface area (Å²) < 4.78 is 11.0. The van der Waals surface area contributed by atoms with Gasteiger partial charge in [-0.1, -0.05) is 0 Å². The van der Waals surface area contributed by atoms with Crippen LogP contribution in [0.2, 0.25) is 0 Å². The van der Waals surface area contributed by atoms with Crippen LogP contribution in [0.25, 0.3) is 11.4 Å². The smallest absolute Gasteiger partial charge is 0.231 e. The summed E-state index contributed by atoms with van der Waals surface area (Å²) in [5.41, 5.74) is 1.87. The summed E-state index contributed by atoms with van der Waals surface area (Å²) in [5, 5.41) is 9.18. The van der Waals surface area contributed by atoms with E-state index < -0.39 is 5.79 Å². The molecule has 0 saturated carbocycles. The lowest BCUT2D eigenvalue weighted by atomic mass is 10.1. The number of rotatable bonds is 3. The average Bonchev–Trinajstić information content (AvgIpc) is 3.11. The largest absolute Gasteiger partial charge is 0.505 e. The second kappa shape index (κ2) is 4.20. The highest BCUT2D eigenvalue weighted by Crippen LogP contribution is 2.33. The van der Waals surface area contributed by atoms with Crippen LogP contribution >= 0.6 is 0 Å². The Labute approximate surface area is 110 Å². The van der Waals surface area contributed by atoms with E-state index in [1.165, 1.54) is 12.4 Å². The van der Waals surface area contributed by atoms with Crippen molar-refractivity contribution >= 4 is 0 Å². The zero-order valence-electron chi connectivity index (χ0n) is 10.8. The van der Waals surface area contributed by atoms with Gasteiger partial charge in [0.2, 0.25) is 5.79 Å². The van der Waals surface area contributed by atoms with Crippen LogP contribution in [-0.2, 0) is 4.74 Å². The molecular formula is C14H14N2O3. The van der Waals surface area contributed by atoms with E-state index in [1.54, 1.807) is 0 Å². The van der Waals surface area contributed by atoms with Crippen LogP contribution in [0.15, 0.2) is 30.6 Å². The first-order valence-corrected chi connectivity index (χ1v) is 6.01. The molecule has 1 saturated heterocycles. The summed E-state index contributed by atoms with van der Waals surface area (Å²) >= 11 is 0. The van der Waals surface area contributed by atoms with Crippen molar-refractivity contribution in [1.29, 1.82) is 0 Å². The summed E-state index contributed by atoms with van der Waals surface area (Å²) in [6.07, 6.45) is 2.75. The first kappa shape index (κ1) is 11.9. The lowest BCUT2D eigenvalue weighted by Crippen LogP contribution is -2.15. The minimum atomic E-state index is -0.471. The van der Waals surface area contributed by atoms with E-state index >= 15 is 0 Å². The maximum atomic E-state index is 9.18. The number of ether oxygens (including phenoxy) is 2. The van der Waals surface area contributed by atoms with E-state index in [4.69, 9.17) is 9.47 Å². The molecule has 5 heteroatoms. The van der Waals surface area contributed by atoms with Crippen LogP contribution < -0.4 is 4.74 Å². The number of benzene rings is 1. The van der Waals surface area contributed by atoms with Crippen molar-refractivity contribution in [2.24, 2.45) is 0 Å². The summed E-state index contributed by atoms with van der Waals surface area (Å²) in [7, 11) is 0. The molecule has 5 nitrogen and oxygen atoms in total. The Kier molecular flexibility index (Phi) is 2.64. The number of aromatic hydroxyl groups is 1. The van der Waals surface area contributed by atoms with Gasteiger partial charge in [-0.2, -0.15) is 0 Å². The number of aromatic nitrogens is 2. The van der Waals surface area contributed by atoms with Gasteiger partial charge < -0.3 is 14.6 Å². The van der Waals surface area contributed by atoms with Crippen molar-refractivity contribution in [1.82, 2.24) is 9.97 Å². The van der Waals surface area contributed by atoms with Crippen molar-refractivity contribution in [3.05, 3.63) is 36.2 Å². The summed E-state index contributed by atoms with van der Waals surface area (Å²) in [6, 6.07) is 5.72. The SMILES string of the molecule is Cc1cc(-c2ncc(O)cn2)ccc1O[C@@]1(C)CO1. The van der Waals surface area contributed by atoms with Gasteiger partial charge in [0.05, 0.1) is 12.4 Å². The zero-order valence-corrected chi connectivity index (χ0v) is 10.8. The van der Waals surface area contributed by atoms with Gasteiger partial charge in [0.15, 0.2) is 11.6 Å². The molecule has 98 valence electrons. The van der Waals surface area contributed by atoms with E-state index in [1.807, 2.05) is 32.0 Å². The van der Waals surface area contributed by atoms with Crippen molar-refractivity contribution in [3.63, 3.8) is 0 Å². The van der Waals surface area contributed by atoms with E-state index in [9.17, 15) is 5.11 Å². The molecule has 0 radical (unpaired) electrons. The number of aryl methyl sites for hydroxylation is 1. The first-order valence-electron chi connectivity index (χ1n) is 6.01. The fourth-order valence-electron chi connectivity index (χ4n) is 1.77. The monoisotopic (exact) mass is 258 g/mol. The van der Waals surface area contributed by atoms with Crippen molar-refractivity contribution in [3.8, 4) is 22.9 Å². The Hall–Kier alpha value is -2.14. The highest BCUT2D eigenvalue weighted by Gasteiger charge is 2.42. The number of hydrogen-bond acceptors (Lipinski definition) is 5. The molecular weight excluding hydrogens is 244 g/mol. The molecule has 0 amide bonds. The third-order valence-corrected chi connectivity index (χ3v) is 2.95. The summed E-state index contributed by atoms with van der Waals surface area (Å²) in [5.74, 6) is 0.949. The third-order valence-electron chi connectivity index (χ3n) is 2.95. The fourth-order valence-corrected chi connectivity index (χ4v) is 1.77. The van der Waals surface area contributed by atoms with Gasteiger partial charge in [0, 0.05) is 12.5 Å². The first-order chi connectivity index (χ1) is 9.06. The van der Waals surface area contributed by atoms with E-state index in [0.717, 1.165) is 16.9 Å². The van der Waals surface area contributed by atoms with E-state index in [2.05, 4.69) is 9.97 Å². The average molecular weight is 258 g/mol. The molecule has 1 N–H and O–H groups in total. The topological polar surface area (TPSA) is 67.8 Å². The molecule has 1 aromatic heterocycles. The minimum absolute atomic E-state index is 0.0548. The van der Waals surface area contributed by atoms with Gasteiger partial charge >= 0.3 is 0 Å².